The zero-order chi connectivity index (χ0) is 23.1. The number of rotatable bonds is 5. The predicted octanol–water partition coefficient (Wildman–Crippen LogP) is 1.35. The number of aryl methyl sites for hydroxylation is 2. The molecule has 2 aromatic heterocycles. The van der Waals surface area contributed by atoms with Crippen LogP contribution < -0.4 is 20.7 Å². The van der Waals surface area contributed by atoms with Crippen LogP contribution in [-0.4, -0.2) is 49.3 Å². The van der Waals surface area contributed by atoms with Crippen molar-refractivity contribution in [3.8, 4) is 11.5 Å². The second-order valence-electron chi connectivity index (χ2n) is 8.57. The zero-order valence-corrected chi connectivity index (χ0v) is 18.8. The average Bonchev–Trinajstić information content (AvgIpc) is 3.49. The molecule has 1 atom stereocenters. The molecule has 1 fully saturated rings. The highest BCUT2D eigenvalue weighted by atomic mass is 16.6. The lowest BCUT2D eigenvalue weighted by Gasteiger charge is -2.27. The van der Waals surface area contributed by atoms with Gasteiger partial charge in [-0.2, -0.15) is 0 Å². The molecule has 5 rings (SSSR count). The van der Waals surface area contributed by atoms with Crippen molar-refractivity contribution in [3.05, 3.63) is 50.9 Å². The molecule has 10 nitrogen and oxygen atoms in total. The minimum Gasteiger partial charge on any atom is -0.486 e. The van der Waals surface area contributed by atoms with Gasteiger partial charge in [0.05, 0.1) is 12.4 Å². The molecule has 0 saturated carbocycles. The molecule has 2 aliphatic heterocycles. The van der Waals surface area contributed by atoms with Gasteiger partial charge in [-0.3, -0.25) is 18.7 Å². The Balaban J connectivity index is 1.28. The number of ether oxygens (including phenoxy) is 2. The summed E-state index contributed by atoms with van der Waals surface area (Å²) in [5.74, 6) is 1.58. The summed E-state index contributed by atoms with van der Waals surface area (Å²) in [7, 11) is 3.05. The summed E-state index contributed by atoms with van der Waals surface area (Å²) < 4.78 is 15.5. The first-order valence-electron chi connectivity index (χ1n) is 11.3. The molecule has 1 aromatic carbocycles. The molecule has 0 spiro atoms. The quantitative estimate of drug-likeness (QED) is 0.578. The van der Waals surface area contributed by atoms with Crippen molar-refractivity contribution < 1.29 is 14.3 Å². The Bertz CT molecular complexity index is 1340. The van der Waals surface area contributed by atoms with Crippen molar-refractivity contribution in [1.82, 2.24) is 23.6 Å². The summed E-state index contributed by atoms with van der Waals surface area (Å²) in [6, 6.07) is 5.95. The molecule has 0 N–H and O–H groups in total. The third-order valence-corrected chi connectivity index (χ3v) is 6.53. The van der Waals surface area contributed by atoms with Crippen molar-refractivity contribution >= 4 is 17.1 Å². The highest BCUT2D eigenvalue weighted by Gasteiger charge is 2.30. The smallest absolute Gasteiger partial charge is 0.332 e. The molecule has 2 aliphatic rings. The summed E-state index contributed by atoms with van der Waals surface area (Å²) in [6.45, 7) is 2.28. The van der Waals surface area contributed by atoms with Crippen LogP contribution in [0.1, 0.15) is 37.3 Å². The molecule has 0 radical (unpaired) electrons. The number of hydrogen-bond donors (Lipinski definition) is 0. The first-order valence-corrected chi connectivity index (χ1v) is 11.3. The lowest BCUT2D eigenvalue weighted by Crippen LogP contribution is -2.37. The second kappa shape index (κ2) is 8.42. The molecule has 174 valence electrons. The van der Waals surface area contributed by atoms with Crippen molar-refractivity contribution in [3.63, 3.8) is 0 Å². The number of nitrogens with zero attached hydrogens (tertiary/aromatic N) is 5. The second-order valence-corrected chi connectivity index (χ2v) is 8.57. The molecule has 33 heavy (non-hydrogen) atoms. The van der Waals surface area contributed by atoms with Crippen molar-refractivity contribution in [2.45, 2.75) is 38.3 Å². The van der Waals surface area contributed by atoms with E-state index in [0.717, 1.165) is 41.0 Å². The Morgan fingerprint density at radius 2 is 1.91 bits per heavy atom. The fourth-order valence-electron chi connectivity index (χ4n) is 4.79. The van der Waals surface area contributed by atoms with Crippen molar-refractivity contribution in [1.29, 1.82) is 0 Å². The standard InChI is InChI=1S/C23H27N5O5/c1-25-21-20(22(30)26(2)23(25)31)27(14-24-21)9-4-6-19(29)28-10-3-5-16(28)15-7-8-17-18(13-15)33-12-11-32-17/h7-8,13-14,16H,3-6,9-12H2,1-2H3/t16-/m1/s1. The molecular formula is C23H27N5O5. The van der Waals surface area contributed by atoms with Crippen LogP contribution in [0.25, 0.3) is 11.2 Å². The Morgan fingerprint density at radius 1 is 1.12 bits per heavy atom. The highest BCUT2D eigenvalue weighted by molar-refractivity contribution is 5.77. The van der Waals surface area contributed by atoms with E-state index in [4.69, 9.17) is 9.47 Å². The summed E-state index contributed by atoms with van der Waals surface area (Å²) in [5, 5.41) is 0. The Morgan fingerprint density at radius 3 is 2.73 bits per heavy atom. The number of hydrogen-bond acceptors (Lipinski definition) is 6. The molecule has 3 aromatic rings. The first kappa shape index (κ1) is 21.3. The van der Waals surface area contributed by atoms with Gasteiger partial charge in [-0.25, -0.2) is 9.78 Å². The molecular weight excluding hydrogens is 426 g/mol. The maximum Gasteiger partial charge on any atom is 0.332 e. The Labute approximate surface area is 190 Å². The SMILES string of the molecule is Cn1c(=O)c2c(ncn2CCCC(=O)N2CCC[C@@H]2c2ccc3c(c2)OCCO3)n(C)c1=O. The van der Waals surface area contributed by atoms with Gasteiger partial charge in [0.2, 0.25) is 5.91 Å². The van der Waals surface area contributed by atoms with Crippen LogP contribution in [-0.2, 0) is 25.4 Å². The lowest BCUT2D eigenvalue weighted by atomic mass is 10.0. The van der Waals surface area contributed by atoms with Crippen LogP contribution in [0, 0.1) is 0 Å². The van der Waals surface area contributed by atoms with Crippen LogP contribution in [0.3, 0.4) is 0 Å². The van der Waals surface area contributed by atoms with Gasteiger partial charge < -0.3 is 18.9 Å². The van der Waals surface area contributed by atoms with Gasteiger partial charge in [0.25, 0.3) is 5.56 Å². The molecule has 1 saturated heterocycles. The fourth-order valence-corrected chi connectivity index (χ4v) is 4.79. The average molecular weight is 453 g/mol. The molecule has 0 unspecified atom stereocenters. The minimum absolute atomic E-state index is 0.0317. The summed E-state index contributed by atoms with van der Waals surface area (Å²) >= 11 is 0. The molecule has 1 amide bonds. The van der Waals surface area contributed by atoms with E-state index in [1.54, 1.807) is 17.9 Å². The van der Waals surface area contributed by atoms with E-state index in [2.05, 4.69) is 4.98 Å². The molecule has 0 aliphatic carbocycles. The van der Waals surface area contributed by atoms with Crippen LogP contribution in [0.2, 0.25) is 0 Å². The number of carbonyl (C=O) groups is 1. The molecule has 10 heteroatoms. The van der Waals surface area contributed by atoms with Crippen LogP contribution >= 0.6 is 0 Å². The third kappa shape index (κ3) is 3.69. The summed E-state index contributed by atoms with van der Waals surface area (Å²) in [6.07, 6.45) is 4.37. The van der Waals surface area contributed by atoms with Gasteiger partial charge in [-0.1, -0.05) is 6.07 Å². The normalized spacial score (nSPS) is 17.6. The van der Waals surface area contributed by atoms with Crippen LogP contribution in [0.5, 0.6) is 11.5 Å². The van der Waals surface area contributed by atoms with Crippen LogP contribution in [0.4, 0.5) is 0 Å². The number of imidazole rings is 1. The number of benzene rings is 1. The van der Waals surface area contributed by atoms with E-state index in [1.165, 1.54) is 11.6 Å². The predicted molar refractivity (Wildman–Crippen MR) is 121 cm³/mol. The lowest BCUT2D eigenvalue weighted by molar-refractivity contribution is -0.132. The number of amides is 1. The van der Waals surface area contributed by atoms with E-state index in [0.29, 0.717) is 43.8 Å². The Hall–Kier alpha value is -3.56. The van der Waals surface area contributed by atoms with E-state index < -0.39 is 5.69 Å². The summed E-state index contributed by atoms with van der Waals surface area (Å²) in [4.78, 5) is 43.9. The first-order chi connectivity index (χ1) is 16.0. The zero-order valence-electron chi connectivity index (χ0n) is 18.8. The highest BCUT2D eigenvalue weighted by Crippen LogP contribution is 2.38. The minimum atomic E-state index is -0.410. The van der Waals surface area contributed by atoms with Gasteiger partial charge in [0.15, 0.2) is 22.7 Å². The Kier molecular flexibility index (Phi) is 5.43. The monoisotopic (exact) mass is 453 g/mol. The van der Waals surface area contributed by atoms with E-state index in [9.17, 15) is 14.4 Å². The van der Waals surface area contributed by atoms with Gasteiger partial charge in [-0.05, 0) is 37.0 Å². The van der Waals surface area contributed by atoms with Gasteiger partial charge in [0, 0.05) is 33.6 Å². The van der Waals surface area contributed by atoms with Crippen molar-refractivity contribution in [2.75, 3.05) is 19.8 Å². The topological polar surface area (TPSA) is 101 Å². The van der Waals surface area contributed by atoms with E-state index >= 15 is 0 Å². The third-order valence-electron chi connectivity index (χ3n) is 6.53. The molecule has 4 heterocycles. The number of likely N-dealkylation sites (tertiary alicyclic amines) is 1. The van der Waals surface area contributed by atoms with Gasteiger partial charge >= 0.3 is 5.69 Å². The number of carbonyl (C=O) groups excluding carboxylic acids is 1. The molecule has 0 bridgehead atoms. The van der Waals surface area contributed by atoms with Gasteiger partial charge in [-0.15, -0.1) is 0 Å². The van der Waals surface area contributed by atoms with Gasteiger partial charge in [0.1, 0.15) is 13.2 Å². The summed E-state index contributed by atoms with van der Waals surface area (Å²) in [5.41, 5.74) is 1.01. The fraction of sp³-hybridized carbons (Fsp3) is 0.478. The number of aromatic nitrogens is 4. The number of fused-ring (bicyclic) bond motifs is 2. The van der Waals surface area contributed by atoms with Crippen molar-refractivity contribution in [2.24, 2.45) is 14.1 Å². The maximum atomic E-state index is 13.1. The van der Waals surface area contributed by atoms with E-state index in [-0.39, 0.29) is 17.5 Å². The largest absolute Gasteiger partial charge is 0.486 e. The van der Waals surface area contributed by atoms with E-state index in [1.807, 2.05) is 23.1 Å². The van der Waals surface area contributed by atoms with Crippen LogP contribution in [0.15, 0.2) is 34.1 Å². The maximum absolute atomic E-state index is 13.1.